The Morgan fingerprint density at radius 2 is 1.95 bits per heavy atom. The van der Waals surface area contributed by atoms with Crippen LogP contribution in [0.15, 0.2) is 18.2 Å². The summed E-state index contributed by atoms with van der Waals surface area (Å²) in [7, 11) is 0. The van der Waals surface area contributed by atoms with Crippen molar-refractivity contribution in [2.75, 3.05) is 5.32 Å². The SMILES string of the molecule is CC(C)(C)[C@H](NC(=O)Nc1ccc(F)c(Cl)c1)C(=O)O. The Morgan fingerprint density at radius 1 is 1.35 bits per heavy atom. The summed E-state index contributed by atoms with van der Waals surface area (Å²) in [6.45, 7) is 5.09. The predicted molar refractivity (Wildman–Crippen MR) is 74.4 cm³/mol. The van der Waals surface area contributed by atoms with Crippen molar-refractivity contribution in [3.8, 4) is 0 Å². The first-order valence-electron chi connectivity index (χ1n) is 5.86. The van der Waals surface area contributed by atoms with Gasteiger partial charge in [-0.05, 0) is 23.6 Å². The van der Waals surface area contributed by atoms with Gasteiger partial charge in [-0.3, -0.25) is 0 Å². The second kappa shape index (κ2) is 6.09. The molecule has 1 atom stereocenters. The highest BCUT2D eigenvalue weighted by atomic mass is 35.5. The molecule has 0 aliphatic heterocycles. The third kappa shape index (κ3) is 4.38. The van der Waals surface area contributed by atoms with Gasteiger partial charge in [0.25, 0.3) is 0 Å². The number of urea groups is 1. The third-order valence-corrected chi connectivity index (χ3v) is 2.86. The lowest BCUT2D eigenvalue weighted by Gasteiger charge is -2.27. The van der Waals surface area contributed by atoms with Gasteiger partial charge in [0.15, 0.2) is 0 Å². The zero-order chi connectivity index (χ0) is 15.5. The minimum atomic E-state index is -1.13. The molecule has 0 aliphatic rings. The van der Waals surface area contributed by atoms with Crippen LogP contribution in [0.4, 0.5) is 14.9 Å². The number of benzene rings is 1. The third-order valence-electron chi connectivity index (χ3n) is 2.57. The van der Waals surface area contributed by atoms with E-state index in [-0.39, 0.29) is 10.7 Å². The second-order valence-electron chi connectivity index (χ2n) is 5.36. The van der Waals surface area contributed by atoms with E-state index in [0.717, 1.165) is 6.07 Å². The number of nitrogens with one attached hydrogen (secondary N) is 2. The molecular formula is C13H16ClFN2O3. The molecule has 0 fully saturated rings. The lowest BCUT2D eigenvalue weighted by atomic mass is 9.87. The van der Waals surface area contributed by atoms with Crippen molar-refractivity contribution in [3.05, 3.63) is 29.0 Å². The van der Waals surface area contributed by atoms with Gasteiger partial charge < -0.3 is 15.7 Å². The van der Waals surface area contributed by atoms with E-state index in [0.29, 0.717) is 0 Å². The van der Waals surface area contributed by atoms with Gasteiger partial charge in [0, 0.05) is 5.69 Å². The van der Waals surface area contributed by atoms with E-state index in [2.05, 4.69) is 10.6 Å². The van der Waals surface area contributed by atoms with Gasteiger partial charge in [-0.2, -0.15) is 0 Å². The molecule has 0 saturated heterocycles. The van der Waals surface area contributed by atoms with Crippen LogP contribution < -0.4 is 10.6 Å². The maximum Gasteiger partial charge on any atom is 0.326 e. The number of amides is 2. The fourth-order valence-electron chi connectivity index (χ4n) is 1.52. The molecule has 3 N–H and O–H groups in total. The summed E-state index contributed by atoms with van der Waals surface area (Å²) in [5.74, 6) is -1.74. The Kier molecular flexibility index (Phi) is 4.94. The molecule has 0 spiro atoms. The number of carbonyl (C=O) groups is 2. The molecule has 1 rings (SSSR count). The Bertz CT molecular complexity index is 529. The first kappa shape index (κ1) is 16.2. The molecule has 2 amide bonds. The number of hydrogen-bond donors (Lipinski definition) is 3. The minimum absolute atomic E-state index is 0.131. The van der Waals surface area contributed by atoms with E-state index in [1.54, 1.807) is 20.8 Å². The Hall–Kier alpha value is -1.82. The van der Waals surface area contributed by atoms with Gasteiger partial charge in [-0.15, -0.1) is 0 Å². The molecule has 0 heterocycles. The van der Waals surface area contributed by atoms with Crippen LogP contribution in [0.5, 0.6) is 0 Å². The number of carbonyl (C=O) groups excluding carboxylic acids is 1. The normalized spacial score (nSPS) is 12.7. The zero-order valence-corrected chi connectivity index (χ0v) is 12.1. The van der Waals surface area contributed by atoms with Crippen LogP contribution in [-0.4, -0.2) is 23.1 Å². The summed E-state index contributed by atoms with van der Waals surface area (Å²) in [5.41, 5.74) is -0.379. The fourth-order valence-corrected chi connectivity index (χ4v) is 1.70. The molecule has 0 saturated carbocycles. The van der Waals surface area contributed by atoms with Gasteiger partial charge in [-0.25, -0.2) is 14.0 Å². The van der Waals surface area contributed by atoms with E-state index >= 15 is 0 Å². The molecular weight excluding hydrogens is 287 g/mol. The summed E-state index contributed by atoms with van der Waals surface area (Å²) in [6, 6.07) is 1.92. The molecule has 20 heavy (non-hydrogen) atoms. The summed E-state index contributed by atoms with van der Waals surface area (Å²) >= 11 is 5.59. The molecule has 1 aromatic carbocycles. The number of hydrogen-bond acceptors (Lipinski definition) is 2. The molecule has 0 unspecified atom stereocenters. The van der Waals surface area contributed by atoms with Crippen LogP contribution in [-0.2, 0) is 4.79 Å². The highest BCUT2D eigenvalue weighted by molar-refractivity contribution is 6.31. The minimum Gasteiger partial charge on any atom is -0.480 e. The van der Waals surface area contributed by atoms with Crippen LogP contribution in [0.25, 0.3) is 0 Å². The van der Waals surface area contributed by atoms with Gasteiger partial charge in [0.05, 0.1) is 5.02 Å². The summed E-state index contributed by atoms with van der Waals surface area (Å²) in [6.07, 6.45) is 0. The van der Waals surface area contributed by atoms with Crippen molar-refractivity contribution in [2.45, 2.75) is 26.8 Å². The molecule has 7 heteroatoms. The summed E-state index contributed by atoms with van der Waals surface area (Å²) in [4.78, 5) is 22.9. The maximum absolute atomic E-state index is 13.0. The fraction of sp³-hybridized carbons (Fsp3) is 0.385. The van der Waals surface area contributed by atoms with Crippen molar-refractivity contribution >= 4 is 29.3 Å². The molecule has 0 aromatic heterocycles. The first-order valence-corrected chi connectivity index (χ1v) is 6.24. The van der Waals surface area contributed by atoms with Crippen LogP contribution >= 0.6 is 11.6 Å². The van der Waals surface area contributed by atoms with E-state index in [4.69, 9.17) is 16.7 Å². The highest BCUT2D eigenvalue weighted by Gasteiger charge is 2.32. The van der Waals surface area contributed by atoms with Crippen LogP contribution in [0.2, 0.25) is 5.02 Å². The molecule has 0 bridgehead atoms. The standard InChI is InChI=1S/C13H16ClFN2O3/c1-13(2,3)10(11(18)19)17-12(20)16-7-4-5-9(15)8(14)6-7/h4-6,10H,1-3H3,(H,18,19)(H2,16,17,20)/t10-/m1/s1. The van der Waals surface area contributed by atoms with Gasteiger partial charge in [0.2, 0.25) is 0 Å². The van der Waals surface area contributed by atoms with E-state index < -0.39 is 29.3 Å². The van der Waals surface area contributed by atoms with Crippen LogP contribution in [0, 0.1) is 11.2 Å². The number of carboxylic acids is 1. The average molecular weight is 303 g/mol. The number of carboxylic acid groups (broad SMARTS) is 1. The van der Waals surface area contributed by atoms with Crippen molar-refractivity contribution in [2.24, 2.45) is 5.41 Å². The zero-order valence-electron chi connectivity index (χ0n) is 11.3. The van der Waals surface area contributed by atoms with Crippen molar-refractivity contribution in [1.82, 2.24) is 5.32 Å². The van der Waals surface area contributed by atoms with Gasteiger partial charge in [-0.1, -0.05) is 32.4 Å². The van der Waals surface area contributed by atoms with E-state index in [1.165, 1.54) is 12.1 Å². The molecule has 1 aromatic rings. The van der Waals surface area contributed by atoms with E-state index in [9.17, 15) is 14.0 Å². The number of rotatable bonds is 3. The topological polar surface area (TPSA) is 78.4 Å². The lowest BCUT2D eigenvalue weighted by Crippen LogP contribution is -2.50. The summed E-state index contributed by atoms with van der Waals surface area (Å²) in [5, 5.41) is 13.7. The molecule has 0 radical (unpaired) electrons. The number of aliphatic carboxylic acids is 1. The predicted octanol–water partition coefficient (Wildman–Crippen LogP) is 3.10. The van der Waals surface area contributed by atoms with Crippen molar-refractivity contribution < 1.29 is 19.1 Å². The quantitative estimate of drug-likeness (QED) is 0.803. The first-order chi connectivity index (χ1) is 9.11. The molecule has 110 valence electrons. The monoisotopic (exact) mass is 302 g/mol. The number of anilines is 1. The number of halogens is 2. The highest BCUT2D eigenvalue weighted by Crippen LogP contribution is 2.21. The van der Waals surface area contributed by atoms with Gasteiger partial charge >= 0.3 is 12.0 Å². The summed E-state index contributed by atoms with van der Waals surface area (Å²) < 4.78 is 13.0. The average Bonchev–Trinajstić information content (AvgIpc) is 2.29. The van der Waals surface area contributed by atoms with Crippen LogP contribution in [0.1, 0.15) is 20.8 Å². The Labute approximate surface area is 121 Å². The Morgan fingerprint density at radius 3 is 2.40 bits per heavy atom. The van der Waals surface area contributed by atoms with E-state index in [1.807, 2.05) is 0 Å². The van der Waals surface area contributed by atoms with Gasteiger partial charge in [0.1, 0.15) is 11.9 Å². The lowest BCUT2D eigenvalue weighted by molar-refractivity contribution is -0.141. The largest absolute Gasteiger partial charge is 0.480 e. The second-order valence-corrected chi connectivity index (χ2v) is 5.77. The molecule has 0 aliphatic carbocycles. The smallest absolute Gasteiger partial charge is 0.326 e. The van der Waals surface area contributed by atoms with Crippen molar-refractivity contribution in [3.63, 3.8) is 0 Å². The van der Waals surface area contributed by atoms with Crippen molar-refractivity contribution in [1.29, 1.82) is 0 Å². The van der Waals surface area contributed by atoms with Crippen LogP contribution in [0.3, 0.4) is 0 Å². The maximum atomic E-state index is 13.0. The Balaban J connectivity index is 2.76. The molecule has 5 nitrogen and oxygen atoms in total.